The number of amides is 1. The lowest BCUT2D eigenvalue weighted by molar-refractivity contribution is -0.164. The molecule has 0 radical (unpaired) electrons. The van der Waals surface area contributed by atoms with E-state index in [4.69, 9.17) is 0 Å². The van der Waals surface area contributed by atoms with Crippen LogP contribution in [0.5, 0.6) is 0 Å². The van der Waals surface area contributed by atoms with Gasteiger partial charge in [0.05, 0.1) is 0 Å². The summed E-state index contributed by atoms with van der Waals surface area (Å²) in [7, 11) is 0. The fraction of sp³-hybridized carbons (Fsp3) is 0.933. The Morgan fingerprint density at radius 1 is 1.22 bits per heavy atom. The molecule has 3 rings (SSSR count). The third-order valence-corrected chi connectivity index (χ3v) is 5.24. The van der Waals surface area contributed by atoms with Crippen molar-refractivity contribution in [3.63, 3.8) is 0 Å². The number of hydrogen-bond acceptors (Lipinski definition) is 2. The summed E-state index contributed by atoms with van der Waals surface area (Å²) in [5, 5.41) is 0. The van der Waals surface area contributed by atoms with E-state index >= 15 is 0 Å². The standard InChI is InChI=1S/C15H26N2O/c1-4-12(2)7-16-8-15(9-16)10-17(11-15)13(18)14(3)5-6-14/h12H,4-11H2,1-3H3. The first-order chi connectivity index (χ1) is 8.46. The quantitative estimate of drug-likeness (QED) is 0.761. The second kappa shape index (κ2) is 3.96. The highest BCUT2D eigenvalue weighted by atomic mass is 16.2. The monoisotopic (exact) mass is 250 g/mol. The molecule has 3 fully saturated rings. The summed E-state index contributed by atoms with van der Waals surface area (Å²) in [5.74, 6) is 1.24. The maximum Gasteiger partial charge on any atom is 0.228 e. The van der Waals surface area contributed by atoms with E-state index in [1.54, 1.807) is 0 Å². The van der Waals surface area contributed by atoms with Gasteiger partial charge in [-0.05, 0) is 18.8 Å². The molecule has 1 saturated carbocycles. The zero-order valence-electron chi connectivity index (χ0n) is 12.0. The van der Waals surface area contributed by atoms with E-state index in [0.717, 1.165) is 31.8 Å². The molecule has 0 bridgehead atoms. The molecular formula is C15H26N2O. The number of nitrogens with zero attached hydrogens (tertiary/aromatic N) is 2. The minimum Gasteiger partial charge on any atom is -0.341 e. The van der Waals surface area contributed by atoms with Crippen molar-refractivity contribution in [3.8, 4) is 0 Å². The molecule has 1 aliphatic carbocycles. The van der Waals surface area contributed by atoms with Gasteiger partial charge in [0.2, 0.25) is 5.91 Å². The third kappa shape index (κ3) is 1.97. The first-order valence-corrected chi connectivity index (χ1v) is 7.48. The van der Waals surface area contributed by atoms with Gasteiger partial charge in [0.15, 0.2) is 0 Å². The molecule has 0 aromatic carbocycles. The van der Waals surface area contributed by atoms with Crippen molar-refractivity contribution in [2.75, 3.05) is 32.7 Å². The first kappa shape index (κ1) is 12.5. The van der Waals surface area contributed by atoms with Crippen LogP contribution in [0.4, 0.5) is 0 Å². The number of hydrogen-bond donors (Lipinski definition) is 0. The predicted octanol–water partition coefficient (Wildman–Crippen LogP) is 1.98. The summed E-state index contributed by atoms with van der Waals surface area (Å²) in [5.41, 5.74) is 0.510. The van der Waals surface area contributed by atoms with E-state index < -0.39 is 0 Å². The smallest absolute Gasteiger partial charge is 0.228 e. The third-order valence-electron chi connectivity index (χ3n) is 5.24. The summed E-state index contributed by atoms with van der Waals surface area (Å²) >= 11 is 0. The molecule has 2 heterocycles. The van der Waals surface area contributed by atoms with E-state index in [1.165, 1.54) is 26.1 Å². The Bertz CT molecular complexity index is 348. The average Bonchev–Trinajstić information content (AvgIpc) is 2.98. The lowest BCUT2D eigenvalue weighted by atomic mass is 9.72. The van der Waals surface area contributed by atoms with Gasteiger partial charge in [-0.15, -0.1) is 0 Å². The average molecular weight is 250 g/mol. The van der Waals surface area contributed by atoms with Gasteiger partial charge in [-0.3, -0.25) is 4.79 Å². The van der Waals surface area contributed by atoms with Gasteiger partial charge in [-0.1, -0.05) is 27.2 Å². The van der Waals surface area contributed by atoms with Gasteiger partial charge < -0.3 is 9.80 Å². The molecule has 3 heteroatoms. The van der Waals surface area contributed by atoms with Crippen LogP contribution in [-0.2, 0) is 4.79 Å². The molecule has 0 N–H and O–H groups in total. The van der Waals surface area contributed by atoms with Crippen molar-refractivity contribution in [2.45, 2.75) is 40.0 Å². The van der Waals surface area contributed by atoms with E-state index in [0.29, 0.717) is 11.3 Å². The molecule has 3 nitrogen and oxygen atoms in total. The SMILES string of the molecule is CCC(C)CN1CC2(C1)CN(C(=O)C1(C)CC1)C2. The van der Waals surface area contributed by atoms with Crippen LogP contribution in [0.1, 0.15) is 40.0 Å². The Morgan fingerprint density at radius 3 is 2.33 bits per heavy atom. The number of carbonyl (C=O) groups excluding carboxylic acids is 1. The predicted molar refractivity (Wildman–Crippen MR) is 72.2 cm³/mol. The van der Waals surface area contributed by atoms with Gasteiger partial charge in [0.1, 0.15) is 0 Å². The van der Waals surface area contributed by atoms with Crippen LogP contribution >= 0.6 is 0 Å². The van der Waals surface area contributed by atoms with Gasteiger partial charge in [0, 0.05) is 43.6 Å². The van der Waals surface area contributed by atoms with Crippen LogP contribution in [0.2, 0.25) is 0 Å². The lowest BCUT2D eigenvalue weighted by Crippen LogP contribution is -2.73. The summed E-state index contributed by atoms with van der Waals surface area (Å²) in [6.07, 6.45) is 3.48. The highest BCUT2D eigenvalue weighted by molar-refractivity contribution is 5.85. The Balaban J connectivity index is 1.42. The van der Waals surface area contributed by atoms with Crippen molar-refractivity contribution in [3.05, 3.63) is 0 Å². The Morgan fingerprint density at radius 2 is 1.83 bits per heavy atom. The van der Waals surface area contributed by atoms with Gasteiger partial charge in [-0.2, -0.15) is 0 Å². The van der Waals surface area contributed by atoms with E-state index in [1.807, 2.05) is 0 Å². The fourth-order valence-corrected chi connectivity index (χ4v) is 3.49. The molecule has 1 spiro atoms. The summed E-state index contributed by atoms with van der Waals surface area (Å²) < 4.78 is 0. The Hall–Kier alpha value is -0.570. The largest absolute Gasteiger partial charge is 0.341 e. The summed E-state index contributed by atoms with van der Waals surface area (Å²) in [6, 6.07) is 0. The second-order valence-corrected chi connectivity index (χ2v) is 7.40. The van der Waals surface area contributed by atoms with Crippen LogP contribution in [0, 0.1) is 16.7 Å². The Labute approximate surface area is 111 Å². The van der Waals surface area contributed by atoms with E-state index in [9.17, 15) is 4.79 Å². The van der Waals surface area contributed by atoms with Gasteiger partial charge in [0.25, 0.3) is 0 Å². The molecule has 0 aromatic rings. The maximum atomic E-state index is 12.2. The van der Waals surface area contributed by atoms with E-state index in [2.05, 4.69) is 30.6 Å². The minimum absolute atomic E-state index is 0.0295. The Kier molecular flexibility index (Phi) is 2.74. The zero-order chi connectivity index (χ0) is 13.0. The van der Waals surface area contributed by atoms with Crippen molar-refractivity contribution in [1.29, 1.82) is 0 Å². The van der Waals surface area contributed by atoms with Crippen molar-refractivity contribution >= 4 is 5.91 Å². The van der Waals surface area contributed by atoms with Crippen molar-refractivity contribution in [2.24, 2.45) is 16.7 Å². The number of carbonyl (C=O) groups is 1. The van der Waals surface area contributed by atoms with Crippen LogP contribution in [0.25, 0.3) is 0 Å². The summed E-state index contributed by atoms with van der Waals surface area (Å²) in [6.45, 7) is 12.4. The number of rotatable bonds is 4. The van der Waals surface area contributed by atoms with Crippen molar-refractivity contribution in [1.82, 2.24) is 9.80 Å². The molecule has 2 saturated heterocycles. The van der Waals surface area contributed by atoms with E-state index in [-0.39, 0.29) is 5.41 Å². The molecule has 18 heavy (non-hydrogen) atoms. The summed E-state index contributed by atoms with van der Waals surface area (Å²) in [4.78, 5) is 16.8. The minimum atomic E-state index is 0.0295. The highest BCUT2D eigenvalue weighted by Crippen LogP contribution is 2.50. The maximum absolute atomic E-state index is 12.2. The molecule has 1 atom stereocenters. The molecule has 0 aromatic heterocycles. The lowest BCUT2D eigenvalue weighted by Gasteiger charge is -2.61. The molecule has 3 aliphatic rings. The van der Waals surface area contributed by atoms with Crippen LogP contribution in [-0.4, -0.2) is 48.4 Å². The first-order valence-electron chi connectivity index (χ1n) is 7.48. The molecule has 102 valence electrons. The van der Waals surface area contributed by atoms with Crippen LogP contribution < -0.4 is 0 Å². The second-order valence-electron chi connectivity index (χ2n) is 7.40. The number of likely N-dealkylation sites (tertiary alicyclic amines) is 2. The van der Waals surface area contributed by atoms with Crippen LogP contribution in [0.15, 0.2) is 0 Å². The topological polar surface area (TPSA) is 23.6 Å². The molecule has 1 unspecified atom stereocenters. The molecule has 2 aliphatic heterocycles. The highest BCUT2D eigenvalue weighted by Gasteiger charge is 2.57. The van der Waals surface area contributed by atoms with Crippen molar-refractivity contribution < 1.29 is 4.79 Å². The zero-order valence-corrected chi connectivity index (χ0v) is 12.0. The fourth-order valence-electron chi connectivity index (χ4n) is 3.49. The van der Waals surface area contributed by atoms with Gasteiger partial charge >= 0.3 is 0 Å². The molecule has 1 amide bonds. The van der Waals surface area contributed by atoms with Gasteiger partial charge in [-0.25, -0.2) is 0 Å². The molecular weight excluding hydrogens is 224 g/mol. The normalized spacial score (nSPS) is 29.6. The van der Waals surface area contributed by atoms with Crippen LogP contribution in [0.3, 0.4) is 0 Å².